The van der Waals surface area contributed by atoms with Crippen LogP contribution >= 0.6 is 11.6 Å². The minimum atomic E-state index is -1.04. The van der Waals surface area contributed by atoms with Crippen LogP contribution in [-0.2, 0) is 21.6 Å². The monoisotopic (exact) mass is 604 g/mol. The summed E-state index contributed by atoms with van der Waals surface area (Å²) in [5.74, 6) is 1.24. The van der Waals surface area contributed by atoms with Gasteiger partial charge in [0.1, 0.15) is 5.60 Å². The number of benzene rings is 3. The predicted octanol–water partition coefficient (Wildman–Crippen LogP) is 6.28. The molecule has 3 aliphatic heterocycles. The highest BCUT2D eigenvalue weighted by Gasteiger charge is 2.43. The molecule has 0 bridgehead atoms. The Morgan fingerprint density at radius 3 is 2.37 bits per heavy atom. The molecule has 2 saturated heterocycles. The van der Waals surface area contributed by atoms with Crippen molar-refractivity contribution in [1.29, 1.82) is 0 Å². The van der Waals surface area contributed by atoms with Crippen molar-refractivity contribution in [3.8, 4) is 11.5 Å². The molecule has 1 N–H and O–H groups in total. The summed E-state index contributed by atoms with van der Waals surface area (Å²) in [5.41, 5.74) is 3.41. The minimum Gasteiger partial charge on any atom is -0.493 e. The van der Waals surface area contributed by atoms with Crippen molar-refractivity contribution in [2.75, 3.05) is 31.8 Å². The van der Waals surface area contributed by atoms with Gasteiger partial charge in [0.2, 0.25) is 5.91 Å². The molecule has 228 valence electrons. The lowest BCUT2D eigenvalue weighted by molar-refractivity contribution is -0.133. The molecule has 3 aromatic rings. The summed E-state index contributed by atoms with van der Waals surface area (Å²) in [6.07, 6.45) is 3.37. The highest BCUT2D eigenvalue weighted by atomic mass is 35.5. The number of amides is 1. The summed E-state index contributed by atoms with van der Waals surface area (Å²) in [4.78, 5) is 18.2. The number of ether oxygens (including phenoxy) is 3. The van der Waals surface area contributed by atoms with Gasteiger partial charge in [0, 0.05) is 16.8 Å². The Kier molecular flexibility index (Phi) is 8.44. The largest absolute Gasteiger partial charge is 0.493 e. The fourth-order valence-electron chi connectivity index (χ4n) is 6.89. The smallest absolute Gasteiger partial charge is 0.232 e. The number of carbonyl (C=O) groups excluding carboxylic acids is 1. The average Bonchev–Trinajstić information content (AvgIpc) is 2.96. The molecule has 6 rings (SSSR count). The number of fused-ring (bicyclic) bond motifs is 1. The summed E-state index contributed by atoms with van der Waals surface area (Å²) < 4.78 is 17.3. The van der Waals surface area contributed by atoms with E-state index in [0.717, 1.165) is 67.0 Å². The molecule has 0 aliphatic carbocycles. The third-order valence-electron chi connectivity index (χ3n) is 9.15. The molecular formula is C35H41ClN2O5. The van der Waals surface area contributed by atoms with Crippen LogP contribution in [0, 0.1) is 0 Å². The van der Waals surface area contributed by atoms with Gasteiger partial charge >= 0.3 is 0 Å². The summed E-state index contributed by atoms with van der Waals surface area (Å²) in [5, 5.41) is 12.6. The second-order valence-corrected chi connectivity index (χ2v) is 12.8. The number of methoxy groups -OCH3 is 1. The van der Waals surface area contributed by atoms with E-state index in [0.29, 0.717) is 22.6 Å². The Hall–Kier alpha value is -3.10. The maximum absolute atomic E-state index is 13.9. The van der Waals surface area contributed by atoms with Crippen molar-refractivity contribution >= 4 is 23.2 Å². The third-order valence-corrected chi connectivity index (χ3v) is 9.40. The van der Waals surface area contributed by atoms with Gasteiger partial charge in [-0.3, -0.25) is 9.69 Å². The zero-order chi connectivity index (χ0) is 30.3. The zero-order valence-electron chi connectivity index (χ0n) is 25.4. The van der Waals surface area contributed by atoms with Gasteiger partial charge in [-0.1, -0.05) is 42.3 Å². The molecule has 0 aromatic heterocycles. The van der Waals surface area contributed by atoms with Crippen LogP contribution in [-0.4, -0.2) is 61.0 Å². The van der Waals surface area contributed by atoms with E-state index in [2.05, 4.69) is 4.90 Å². The number of rotatable bonds is 8. The van der Waals surface area contributed by atoms with Crippen molar-refractivity contribution < 1.29 is 24.1 Å². The number of halogens is 1. The van der Waals surface area contributed by atoms with Crippen LogP contribution in [0.5, 0.6) is 11.5 Å². The van der Waals surface area contributed by atoms with Gasteiger partial charge < -0.3 is 24.2 Å². The SMILES string of the molecule is COc1cc2c(cc1OC(C)C)[C@H](c1ccc(Cl)cc1)N(c1ccc([C@](C)(O)C3CCCCN3C3COC3)cc1)C(=O)C2. The normalized spacial score (nSPS) is 22.6. The molecule has 43 heavy (non-hydrogen) atoms. The van der Waals surface area contributed by atoms with E-state index in [1.54, 1.807) is 7.11 Å². The van der Waals surface area contributed by atoms with E-state index in [1.165, 1.54) is 0 Å². The Morgan fingerprint density at radius 1 is 1.02 bits per heavy atom. The third kappa shape index (κ3) is 5.76. The molecule has 0 saturated carbocycles. The molecular weight excluding hydrogens is 564 g/mol. The molecule has 7 nitrogen and oxygen atoms in total. The topological polar surface area (TPSA) is 71.5 Å². The fourth-order valence-corrected chi connectivity index (χ4v) is 7.02. The van der Waals surface area contributed by atoms with Crippen molar-refractivity contribution in [3.63, 3.8) is 0 Å². The Labute approximate surface area is 259 Å². The first-order valence-electron chi connectivity index (χ1n) is 15.3. The van der Waals surface area contributed by atoms with E-state index >= 15 is 0 Å². The number of anilines is 1. The first-order chi connectivity index (χ1) is 20.7. The maximum atomic E-state index is 13.9. The van der Waals surface area contributed by atoms with Crippen molar-refractivity contribution in [1.82, 2.24) is 4.90 Å². The van der Waals surface area contributed by atoms with E-state index in [4.69, 9.17) is 25.8 Å². The van der Waals surface area contributed by atoms with Gasteiger partial charge in [-0.15, -0.1) is 0 Å². The molecule has 0 spiro atoms. The van der Waals surface area contributed by atoms with Crippen LogP contribution < -0.4 is 14.4 Å². The Balaban J connectivity index is 1.38. The van der Waals surface area contributed by atoms with Crippen molar-refractivity contribution in [3.05, 3.63) is 87.9 Å². The first-order valence-corrected chi connectivity index (χ1v) is 15.7. The molecule has 3 heterocycles. The number of carbonyl (C=O) groups is 1. The van der Waals surface area contributed by atoms with Gasteiger partial charge in [0.05, 0.1) is 44.9 Å². The Bertz CT molecular complexity index is 1450. The molecule has 2 fully saturated rings. The maximum Gasteiger partial charge on any atom is 0.232 e. The molecule has 0 radical (unpaired) electrons. The zero-order valence-corrected chi connectivity index (χ0v) is 26.1. The average molecular weight is 605 g/mol. The Morgan fingerprint density at radius 2 is 1.74 bits per heavy atom. The number of piperidine rings is 1. The van der Waals surface area contributed by atoms with Crippen LogP contribution in [0.1, 0.15) is 68.3 Å². The van der Waals surface area contributed by atoms with Crippen molar-refractivity contribution in [2.24, 2.45) is 0 Å². The van der Waals surface area contributed by atoms with Crippen LogP contribution in [0.2, 0.25) is 5.02 Å². The summed E-state index contributed by atoms with van der Waals surface area (Å²) in [7, 11) is 1.62. The molecule has 8 heteroatoms. The lowest BCUT2D eigenvalue weighted by Gasteiger charge is -2.49. The first kappa shape index (κ1) is 29.9. The summed E-state index contributed by atoms with van der Waals surface area (Å²) in [6, 6.07) is 19.4. The molecule has 3 aliphatic rings. The fraction of sp³-hybridized carbons (Fsp3) is 0.457. The van der Waals surface area contributed by atoms with Gasteiger partial charge in [-0.25, -0.2) is 0 Å². The van der Waals surface area contributed by atoms with Gasteiger partial charge in [0.25, 0.3) is 0 Å². The quantitative estimate of drug-likeness (QED) is 0.327. The van der Waals surface area contributed by atoms with Crippen LogP contribution in [0.15, 0.2) is 60.7 Å². The highest BCUT2D eigenvalue weighted by molar-refractivity contribution is 6.30. The lowest BCUT2D eigenvalue weighted by atomic mass is 9.81. The molecule has 3 atom stereocenters. The molecule has 1 unspecified atom stereocenters. The van der Waals surface area contributed by atoms with Crippen LogP contribution in [0.25, 0.3) is 0 Å². The number of likely N-dealkylation sites (tertiary alicyclic amines) is 1. The second-order valence-electron chi connectivity index (χ2n) is 12.4. The molecule has 3 aromatic carbocycles. The number of nitrogens with zero attached hydrogens (tertiary/aromatic N) is 2. The lowest BCUT2D eigenvalue weighted by Crippen LogP contribution is -2.60. The summed E-state index contributed by atoms with van der Waals surface area (Å²) in [6.45, 7) is 8.32. The van der Waals surface area contributed by atoms with E-state index in [-0.39, 0.29) is 24.5 Å². The van der Waals surface area contributed by atoms with Crippen LogP contribution in [0.3, 0.4) is 0 Å². The van der Waals surface area contributed by atoms with E-state index in [9.17, 15) is 9.90 Å². The van der Waals surface area contributed by atoms with Crippen LogP contribution in [0.4, 0.5) is 5.69 Å². The van der Waals surface area contributed by atoms with Crippen molar-refractivity contribution in [2.45, 2.75) is 76.3 Å². The molecule has 1 amide bonds. The number of hydrogen-bond donors (Lipinski definition) is 1. The van der Waals surface area contributed by atoms with Gasteiger partial charge in [0.15, 0.2) is 11.5 Å². The van der Waals surface area contributed by atoms with Gasteiger partial charge in [-0.05, 0) is 98.8 Å². The van der Waals surface area contributed by atoms with E-state index in [1.807, 2.05) is 86.3 Å². The second kappa shape index (κ2) is 12.1. The standard InChI is InChI=1S/C35H41ClN2O5/c1-22(2)43-31-19-29-24(17-30(31)41-4)18-33(39)38(34(29)23-8-12-26(36)13-9-23)27-14-10-25(11-15-27)35(3,40)32-7-5-6-16-37(32)28-20-42-21-28/h8-15,17,19,22,28,32,34,40H,5-7,16,18,20-21H2,1-4H3/t32?,34-,35-/m0/s1. The van der Waals surface area contributed by atoms with Gasteiger partial charge in [-0.2, -0.15) is 0 Å². The minimum absolute atomic E-state index is 0.0145. The number of aliphatic hydroxyl groups is 1. The summed E-state index contributed by atoms with van der Waals surface area (Å²) >= 11 is 6.27. The number of hydrogen-bond acceptors (Lipinski definition) is 6. The van der Waals surface area contributed by atoms with E-state index < -0.39 is 11.6 Å². The predicted molar refractivity (Wildman–Crippen MR) is 168 cm³/mol. The highest BCUT2D eigenvalue weighted by Crippen LogP contribution is 2.44.